The summed E-state index contributed by atoms with van der Waals surface area (Å²) in [7, 11) is 1.65. The zero-order chi connectivity index (χ0) is 13.4. The zero-order valence-corrected chi connectivity index (χ0v) is 11.3. The van der Waals surface area contributed by atoms with Crippen molar-refractivity contribution in [2.45, 2.75) is 6.92 Å². The van der Waals surface area contributed by atoms with Crippen molar-refractivity contribution < 1.29 is 4.74 Å². The first kappa shape index (κ1) is 12.0. The molecule has 0 aliphatic carbocycles. The lowest BCUT2D eigenvalue weighted by Gasteiger charge is -2.00. The molecule has 2 heterocycles. The Hall–Kier alpha value is -2.07. The highest BCUT2D eigenvalue weighted by Crippen LogP contribution is 2.23. The van der Waals surface area contributed by atoms with Crippen molar-refractivity contribution in [2.24, 2.45) is 0 Å². The fourth-order valence-electron chi connectivity index (χ4n) is 1.96. The molecule has 1 aromatic carbocycles. The molecule has 0 amide bonds. The minimum atomic E-state index is 0.558. The van der Waals surface area contributed by atoms with Crippen molar-refractivity contribution in [3.63, 3.8) is 0 Å². The molecule has 0 aliphatic heterocycles. The van der Waals surface area contributed by atoms with Crippen molar-refractivity contribution in [3.05, 3.63) is 47.2 Å². The molecule has 0 N–H and O–H groups in total. The highest BCUT2D eigenvalue weighted by atomic mass is 35.5. The van der Waals surface area contributed by atoms with Crippen molar-refractivity contribution in [3.8, 4) is 17.0 Å². The molecule has 0 radical (unpaired) electrons. The molecule has 0 aliphatic rings. The highest BCUT2D eigenvalue weighted by molar-refractivity contribution is 6.29. The molecule has 19 heavy (non-hydrogen) atoms. The molecule has 0 unspecified atom stereocenters. The Morgan fingerprint density at radius 2 is 1.89 bits per heavy atom. The quantitative estimate of drug-likeness (QED) is 0.672. The second-order valence-electron chi connectivity index (χ2n) is 4.25. The third-order valence-corrected chi connectivity index (χ3v) is 3.17. The van der Waals surface area contributed by atoms with Gasteiger partial charge in [-0.3, -0.25) is 0 Å². The van der Waals surface area contributed by atoms with E-state index in [1.54, 1.807) is 17.7 Å². The average molecular weight is 274 g/mol. The topological polar surface area (TPSA) is 39.4 Å². The molecule has 0 fully saturated rings. The van der Waals surface area contributed by atoms with Crippen LogP contribution in [0.15, 0.2) is 36.4 Å². The minimum absolute atomic E-state index is 0.558. The summed E-state index contributed by atoms with van der Waals surface area (Å²) in [5, 5.41) is 5.02. The molecular weight excluding hydrogens is 262 g/mol. The molecule has 96 valence electrons. The van der Waals surface area contributed by atoms with E-state index >= 15 is 0 Å². The van der Waals surface area contributed by atoms with Gasteiger partial charge in [0.15, 0.2) is 5.65 Å². The molecule has 4 nitrogen and oxygen atoms in total. The van der Waals surface area contributed by atoms with Crippen LogP contribution in [0.5, 0.6) is 5.75 Å². The molecule has 0 atom stereocenters. The molecule has 0 saturated carbocycles. The van der Waals surface area contributed by atoms with Gasteiger partial charge in [0, 0.05) is 17.3 Å². The van der Waals surface area contributed by atoms with E-state index in [4.69, 9.17) is 16.3 Å². The van der Waals surface area contributed by atoms with Gasteiger partial charge in [-0.05, 0) is 37.3 Å². The first-order valence-corrected chi connectivity index (χ1v) is 6.22. The van der Waals surface area contributed by atoms with E-state index in [0.29, 0.717) is 5.15 Å². The molecule has 3 aromatic rings. The molecule has 0 saturated heterocycles. The second-order valence-corrected chi connectivity index (χ2v) is 4.64. The van der Waals surface area contributed by atoms with E-state index in [-0.39, 0.29) is 0 Å². The molecule has 2 aromatic heterocycles. The third-order valence-electron chi connectivity index (χ3n) is 2.90. The van der Waals surface area contributed by atoms with Gasteiger partial charge in [-0.15, -0.1) is 0 Å². The van der Waals surface area contributed by atoms with Crippen LogP contribution in [-0.2, 0) is 0 Å². The molecule has 0 bridgehead atoms. The van der Waals surface area contributed by atoms with E-state index in [1.807, 2.05) is 37.3 Å². The lowest BCUT2D eigenvalue weighted by atomic mass is 10.1. The molecule has 3 rings (SSSR count). The van der Waals surface area contributed by atoms with Gasteiger partial charge in [-0.2, -0.15) is 5.10 Å². The Balaban J connectivity index is 2.12. The number of benzene rings is 1. The first-order chi connectivity index (χ1) is 9.17. The third kappa shape index (κ3) is 2.15. The first-order valence-electron chi connectivity index (χ1n) is 5.85. The summed E-state index contributed by atoms with van der Waals surface area (Å²) >= 11 is 6.15. The van der Waals surface area contributed by atoms with Crippen molar-refractivity contribution in [2.75, 3.05) is 7.11 Å². The number of hydrogen-bond acceptors (Lipinski definition) is 3. The van der Waals surface area contributed by atoms with Crippen molar-refractivity contribution in [1.29, 1.82) is 0 Å². The number of ether oxygens (including phenoxy) is 1. The molecular formula is C14H12ClN3O. The Morgan fingerprint density at radius 1 is 1.16 bits per heavy atom. The normalized spacial score (nSPS) is 10.9. The van der Waals surface area contributed by atoms with E-state index in [0.717, 1.165) is 28.3 Å². The fraction of sp³-hybridized carbons (Fsp3) is 0.143. The van der Waals surface area contributed by atoms with E-state index in [9.17, 15) is 0 Å². The maximum atomic E-state index is 6.15. The van der Waals surface area contributed by atoms with Gasteiger partial charge in [0.25, 0.3) is 0 Å². The Labute approximate surface area is 115 Å². The Kier molecular flexibility index (Phi) is 2.87. The van der Waals surface area contributed by atoms with Crippen LogP contribution in [0.3, 0.4) is 0 Å². The van der Waals surface area contributed by atoms with Crippen LogP contribution in [0.25, 0.3) is 16.9 Å². The van der Waals surface area contributed by atoms with Gasteiger partial charge in [0.05, 0.1) is 12.8 Å². The maximum Gasteiger partial charge on any atom is 0.157 e. The zero-order valence-electron chi connectivity index (χ0n) is 10.6. The number of aryl methyl sites for hydroxylation is 1. The van der Waals surface area contributed by atoms with Gasteiger partial charge in [-0.1, -0.05) is 11.6 Å². The smallest absolute Gasteiger partial charge is 0.157 e. The Morgan fingerprint density at radius 3 is 2.58 bits per heavy atom. The monoisotopic (exact) mass is 273 g/mol. The highest BCUT2D eigenvalue weighted by Gasteiger charge is 2.08. The van der Waals surface area contributed by atoms with Crippen molar-refractivity contribution >= 4 is 17.2 Å². The van der Waals surface area contributed by atoms with E-state index in [1.165, 1.54) is 0 Å². The van der Waals surface area contributed by atoms with Crippen LogP contribution in [-0.4, -0.2) is 21.7 Å². The van der Waals surface area contributed by atoms with Crippen LogP contribution < -0.4 is 4.74 Å². The maximum absolute atomic E-state index is 6.15. The summed E-state index contributed by atoms with van der Waals surface area (Å²) in [6.45, 7) is 1.91. The summed E-state index contributed by atoms with van der Waals surface area (Å²) in [5.74, 6) is 0.819. The van der Waals surface area contributed by atoms with Gasteiger partial charge in [-0.25, -0.2) is 9.50 Å². The predicted molar refractivity (Wildman–Crippen MR) is 74.7 cm³/mol. The average Bonchev–Trinajstić information content (AvgIpc) is 2.83. The minimum Gasteiger partial charge on any atom is -0.497 e. The van der Waals surface area contributed by atoms with Gasteiger partial charge in [0.2, 0.25) is 0 Å². The number of rotatable bonds is 2. The lowest BCUT2D eigenvalue weighted by molar-refractivity contribution is 0.415. The number of methoxy groups -OCH3 is 1. The SMILES string of the molecule is COc1ccc(-c2cc3nc(C)cc(Cl)n3n2)cc1. The Bertz CT molecular complexity index is 734. The fourth-order valence-corrected chi connectivity index (χ4v) is 2.24. The predicted octanol–water partition coefficient (Wildman–Crippen LogP) is 3.37. The van der Waals surface area contributed by atoms with Crippen LogP contribution >= 0.6 is 11.6 Å². The van der Waals surface area contributed by atoms with Crippen LogP contribution in [0.4, 0.5) is 0 Å². The van der Waals surface area contributed by atoms with E-state index in [2.05, 4.69) is 10.1 Å². The van der Waals surface area contributed by atoms with Gasteiger partial charge in [0.1, 0.15) is 10.9 Å². The van der Waals surface area contributed by atoms with Crippen LogP contribution in [0, 0.1) is 6.92 Å². The van der Waals surface area contributed by atoms with Crippen LogP contribution in [0.2, 0.25) is 5.15 Å². The number of fused-ring (bicyclic) bond motifs is 1. The summed E-state index contributed by atoms with van der Waals surface area (Å²) in [6, 6.07) is 11.4. The summed E-state index contributed by atoms with van der Waals surface area (Å²) in [5.41, 5.74) is 3.46. The van der Waals surface area contributed by atoms with Gasteiger partial charge < -0.3 is 4.74 Å². The summed E-state index contributed by atoms with van der Waals surface area (Å²) in [4.78, 5) is 4.41. The number of halogens is 1. The molecule has 0 spiro atoms. The lowest BCUT2D eigenvalue weighted by Crippen LogP contribution is -1.93. The van der Waals surface area contributed by atoms with Crippen molar-refractivity contribution in [1.82, 2.24) is 14.6 Å². The standard InChI is InChI=1S/C14H12ClN3O/c1-9-7-13(15)18-14(16-9)8-12(17-18)10-3-5-11(19-2)6-4-10/h3-8H,1-2H3. The number of nitrogens with zero attached hydrogens (tertiary/aromatic N) is 3. The second kappa shape index (κ2) is 4.55. The van der Waals surface area contributed by atoms with Crippen LogP contribution in [0.1, 0.15) is 5.69 Å². The number of hydrogen-bond donors (Lipinski definition) is 0. The number of aromatic nitrogens is 3. The summed E-state index contributed by atoms with van der Waals surface area (Å²) in [6.07, 6.45) is 0. The largest absolute Gasteiger partial charge is 0.497 e. The summed E-state index contributed by atoms with van der Waals surface area (Å²) < 4.78 is 6.77. The van der Waals surface area contributed by atoms with Gasteiger partial charge >= 0.3 is 0 Å². The van der Waals surface area contributed by atoms with E-state index < -0.39 is 0 Å². The molecule has 5 heteroatoms.